The van der Waals surface area contributed by atoms with Crippen LogP contribution in [-0.4, -0.2) is 42.5 Å². The summed E-state index contributed by atoms with van der Waals surface area (Å²) >= 11 is 0. The molecule has 0 saturated carbocycles. The Hall–Kier alpha value is -0.610. The fraction of sp³-hybridized carbons (Fsp3) is 0.941. The number of carbonyl (C=O) groups is 1. The predicted octanol–water partition coefficient (Wildman–Crippen LogP) is 2.52. The molecule has 4 heteroatoms. The number of likely N-dealkylation sites (N-methyl/N-ethyl adjacent to an activating group) is 1. The molecule has 0 spiro atoms. The maximum absolute atomic E-state index is 11.6. The third-order valence-electron chi connectivity index (χ3n) is 5.43. The number of nitrogens with two attached hydrogens (primary N) is 1. The van der Waals surface area contributed by atoms with Crippen LogP contribution >= 0.6 is 0 Å². The number of rotatable bonds is 9. The minimum atomic E-state index is -0.544. The van der Waals surface area contributed by atoms with Crippen molar-refractivity contribution in [3.63, 3.8) is 0 Å². The van der Waals surface area contributed by atoms with E-state index < -0.39 is 5.54 Å². The quantitative estimate of drug-likeness (QED) is 0.643. The van der Waals surface area contributed by atoms with Crippen LogP contribution in [0, 0.1) is 5.41 Å². The van der Waals surface area contributed by atoms with Crippen LogP contribution in [0.3, 0.4) is 0 Å². The number of unbranched alkanes of at least 4 members (excludes halogenated alkanes) is 1. The average molecular weight is 297 g/mol. The first-order valence-corrected chi connectivity index (χ1v) is 8.62. The van der Waals surface area contributed by atoms with Crippen LogP contribution < -0.4 is 11.1 Å². The lowest BCUT2D eigenvalue weighted by atomic mass is 9.78. The molecule has 1 saturated heterocycles. The van der Waals surface area contributed by atoms with E-state index in [1.807, 2.05) is 13.8 Å². The van der Waals surface area contributed by atoms with Crippen molar-refractivity contribution in [3.05, 3.63) is 0 Å². The molecule has 1 rings (SSSR count). The molecule has 0 radical (unpaired) electrons. The van der Waals surface area contributed by atoms with Gasteiger partial charge in [0.1, 0.15) is 0 Å². The van der Waals surface area contributed by atoms with Crippen LogP contribution in [-0.2, 0) is 4.79 Å². The van der Waals surface area contributed by atoms with Gasteiger partial charge in [0, 0.05) is 0 Å². The summed E-state index contributed by atoms with van der Waals surface area (Å²) < 4.78 is 0. The molecule has 1 aliphatic heterocycles. The maximum Gasteiger partial charge on any atom is 0.237 e. The number of likely N-dealkylation sites (tertiary alicyclic amines) is 1. The zero-order valence-electron chi connectivity index (χ0n) is 14.5. The molecule has 1 heterocycles. The standard InChI is InChI=1S/C17H35N3O/c1-5-16(3)10-13-20(14-11-16)12-8-7-9-17(4,15(18)21)19-6-2/h19H,5-14H2,1-4H3,(H2,18,21). The van der Waals surface area contributed by atoms with Gasteiger partial charge in [-0.25, -0.2) is 0 Å². The summed E-state index contributed by atoms with van der Waals surface area (Å²) in [5.74, 6) is -0.235. The van der Waals surface area contributed by atoms with E-state index in [1.54, 1.807) is 0 Å². The van der Waals surface area contributed by atoms with Crippen molar-refractivity contribution in [1.29, 1.82) is 0 Å². The molecule has 1 amide bonds. The van der Waals surface area contributed by atoms with E-state index >= 15 is 0 Å². The van der Waals surface area contributed by atoms with E-state index in [1.165, 1.54) is 32.4 Å². The summed E-state index contributed by atoms with van der Waals surface area (Å²) in [6, 6.07) is 0. The zero-order chi connectivity index (χ0) is 15.9. The highest BCUT2D eigenvalue weighted by Crippen LogP contribution is 2.33. The van der Waals surface area contributed by atoms with Crippen LogP contribution in [0.15, 0.2) is 0 Å². The van der Waals surface area contributed by atoms with Gasteiger partial charge in [-0.1, -0.05) is 27.2 Å². The number of carbonyl (C=O) groups excluding carboxylic acids is 1. The Labute approximate surface area is 130 Å². The molecule has 0 aromatic heterocycles. The molecule has 1 atom stereocenters. The van der Waals surface area contributed by atoms with Gasteiger partial charge < -0.3 is 16.0 Å². The van der Waals surface area contributed by atoms with Crippen LogP contribution in [0.4, 0.5) is 0 Å². The molecule has 0 aromatic carbocycles. The van der Waals surface area contributed by atoms with E-state index in [4.69, 9.17) is 5.73 Å². The van der Waals surface area contributed by atoms with Gasteiger partial charge in [-0.2, -0.15) is 0 Å². The second-order valence-electron chi connectivity index (χ2n) is 7.19. The Morgan fingerprint density at radius 2 is 1.90 bits per heavy atom. The van der Waals surface area contributed by atoms with Gasteiger partial charge in [-0.05, 0) is 70.6 Å². The van der Waals surface area contributed by atoms with Gasteiger partial charge in [0.2, 0.25) is 5.91 Å². The van der Waals surface area contributed by atoms with E-state index in [9.17, 15) is 4.79 Å². The minimum absolute atomic E-state index is 0.235. The molecule has 124 valence electrons. The highest BCUT2D eigenvalue weighted by Gasteiger charge is 2.30. The highest BCUT2D eigenvalue weighted by molar-refractivity contribution is 5.84. The fourth-order valence-corrected chi connectivity index (χ4v) is 3.17. The Kier molecular flexibility index (Phi) is 7.14. The maximum atomic E-state index is 11.6. The van der Waals surface area contributed by atoms with Crippen molar-refractivity contribution in [1.82, 2.24) is 10.2 Å². The smallest absolute Gasteiger partial charge is 0.237 e. The second kappa shape index (κ2) is 8.14. The van der Waals surface area contributed by atoms with Gasteiger partial charge in [0.15, 0.2) is 0 Å². The monoisotopic (exact) mass is 297 g/mol. The number of primary amides is 1. The summed E-state index contributed by atoms with van der Waals surface area (Å²) in [6.45, 7) is 13.0. The Balaban J connectivity index is 2.24. The van der Waals surface area contributed by atoms with Crippen molar-refractivity contribution < 1.29 is 4.79 Å². The number of amides is 1. The first kappa shape index (κ1) is 18.4. The summed E-state index contributed by atoms with van der Waals surface area (Å²) in [7, 11) is 0. The van der Waals surface area contributed by atoms with Crippen LogP contribution in [0.1, 0.15) is 66.2 Å². The molecule has 0 aliphatic carbocycles. The van der Waals surface area contributed by atoms with Crippen molar-refractivity contribution in [2.24, 2.45) is 11.1 Å². The van der Waals surface area contributed by atoms with Gasteiger partial charge >= 0.3 is 0 Å². The summed E-state index contributed by atoms with van der Waals surface area (Å²) in [4.78, 5) is 14.1. The van der Waals surface area contributed by atoms with Gasteiger partial charge in [-0.3, -0.25) is 4.79 Å². The van der Waals surface area contributed by atoms with E-state index in [-0.39, 0.29) is 5.91 Å². The van der Waals surface area contributed by atoms with Crippen molar-refractivity contribution in [2.75, 3.05) is 26.2 Å². The molecule has 21 heavy (non-hydrogen) atoms. The third-order valence-corrected chi connectivity index (χ3v) is 5.43. The van der Waals surface area contributed by atoms with E-state index in [2.05, 4.69) is 24.1 Å². The second-order valence-corrected chi connectivity index (χ2v) is 7.19. The first-order valence-electron chi connectivity index (χ1n) is 8.62. The lowest BCUT2D eigenvalue weighted by molar-refractivity contribution is -0.124. The SMILES string of the molecule is CCNC(C)(CCCCN1CCC(C)(CC)CC1)C(N)=O. The Bertz CT molecular complexity index is 324. The number of nitrogens with zero attached hydrogens (tertiary/aromatic N) is 1. The zero-order valence-corrected chi connectivity index (χ0v) is 14.5. The summed E-state index contributed by atoms with van der Waals surface area (Å²) in [5.41, 5.74) is 5.53. The molecule has 4 nitrogen and oxygen atoms in total. The molecule has 1 unspecified atom stereocenters. The Morgan fingerprint density at radius 3 is 2.38 bits per heavy atom. The molecule has 1 fully saturated rings. The third kappa shape index (κ3) is 5.59. The molecular formula is C17H35N3O. The summed E-state index contributed by atoms with van der Waals surface area (Å²) in [5, 5.41) is 3.23. The van der Waals surface area contributed by atoms with Crippen molar-refractivity contribution in [2.45, 2.75) is 71.8 Å². The average Bonchev–Trinajstić information content (AvgIpc) is 2.46. The lowest BCUT2D eigenvalue weighted by Crippen LogP contribution is -2.53. The molecule has 1 aliphatic rings. The predicted molar refractivity (Wildman–Crippen MR) is 89.2 cm³/mol. The highest BCUT2D eigenvalue weighted by atomic mass is 16.1. The largest absolute Gasteiger partial charge is 0.368 e. The lowest BCUT2D eigenvalue weighted by Gasteiger charge is -2.39. The van der Waals surface area contributed by atoms with E-state index in [0.29, 0.717) is 5.41 Å². The molecule has 0 aromatic rings. The number of hydrogen-bond donors (Lipinski definition) is 2. The molecular weight excluding hydrogens is 262 g/mol. The van der Waals surface area contributed by atoms with Crippen LogP contribution in [0.2, 0.25) is 0 Å². The number of piperidine rings is 1. The van der Waals surface area contributed by atoms with Crippen molar-refractivity contribution >= 4 is 5.91 Å². The normalized spacial score (nSPS) is 21.9. The van der Waals surface area contributed by atoms with Gasteiger partial charge in [0.05, 0.1) is 5.54 Å². The van der Waals surface area contributed by atoms with Crippen molar-refractivity contribution in [3.8, 4) is 0 Å². The van der Waals surface area contributed by atoms with E-state index in [0.717, 1.165) is 32.4 Å². The van der Waals surface area contributed by atoms with Crippen LogP contribution in [0.5, 0.6) is 0 Å². The number of nitrogens with one attached hydrogen (secondary N) is 1. The summed E-state index contributed by atoms with van der Waals surface area (Å²) in [6.07, 6.45) is 6.96. The molecule has 0 bridgehead atoms. The molecule has 3 N–H and O–H groups in total. The first-order chi connectivity index (χ1) is 9.85. The number of hydrogen-bond acceptors (Lipinski definition) is 3. The van der Waals surface area contributed by atoms with Crippen LogP contribution in [0.25, 0.3) is 0 Å². The van der Waals surface area contributed by atoms with Gasteiger partial charge in [-0.15, -0.1) is 0 Å². The topological polar surface area (TPSA) is 58.4 Å². The van der Waals surface area contributed by atoms with Gasteiger partial charge in [0.25, 0.3) is 0 Å². The fourth-order valence-electron chi connectivity index (χ4n) is 3.17. The Morgan fingerprint density at radius 1 is 1.29 bits per heavy atom. The minimum Gasteiger partial charge on any atom is -0.368 e.